The zero-order valence-corrected chi connectivity index (χ0v) is 43.4. The fourth-order valence-electron chi connectivity index (χ4n) is 11.8. The van der Waals surface area contributed by atoms with Crippen LogP contribution in [0.3, 0.4) is 0 Å². The maximum Gasteiger partial charge on any atom is 0.342 e. The van der Waals surface area contributed by atoms with Gasteiger partial charge in [0.05, 0.1) is 22.7 Å². The summed E-state index contributed by atoms with van der Waals surface area (Å²) in [4.78, 5) is 5.12. The van der Waals surface area contributed by atoms with Gasteiger partial charge in [0.15, 0.2) is 0 Å². The van der Waals surface area contributed by atoms with E-state index in [0.29, 0.717) is 0 Å². The molecular weight excluding hydrogens is 892 g/mol. The highest BCUT2D eigenvalue weighted by molar-refractivity contribution is 7.18. The lowest BCUT2D eigenvalue weighted by atomic mass is 9.37. The van der Waals surface area contributed by atoms with Crippen molar-refractivity contribution in [1.29, 1.82) is 0 Å². The predicted molar refractivity (Wildman–Crippen MR) is 303 cm³/mol. The Labute approximate surface area is 418 Å². The van der Waals surface area contributed by atoms with E-state index in [-0.39, 0.29) is 17.5 Å². The summed E-state index contributed by atoms with van der Waals surface area (Å²) in [7, 11) is 0. The molecule has 0 bridgehead atoms. The van der Waals surface area contributed by atoms with Gasteiger partial charge < -0.3 is 18.6 Å². The van der Waals surface area contributed by atoms with Gasteiger partial charge in [0.25, 0.3) is 0 Å². The van der Waals surface area contributed by atoms with Crippen LogP contribution in [-0.4, -0.2) is 6.71 Å². The van der Waals surface area contributed by atoms with Crippen molar-refractivity contribution in [1.82, 2.24) is 0 Å². The average molecular weight is 947 g/mol. The molecule has 344 valence electrons. The Bertz CT molecular complexity index is 3710. The van der Waals surface area contributed by atoms with E-state index in [1.54, 1.807) is 0 Å². The third-order valence-corrected chi connectivity index (χ3v) is 17.1. The molecule has 4 nitrogen and oxygen atoms in total. The normalized spacial score (nSPS) is 13.6. The van der Waals surface area contributed by atoms with Gasteiger partial charge in [-0.3, -0.25) is 0 Å². The molecule has 0 atom stereocenters. The van der Waals surface area contributed by atoms with Crippen molar-refractivity contribution in [2.24, 2.45) is 0 Å². The molecule has 0 aliphatic carbocycles. The van der Waals surface area contributed by atoms with Crippen LogP contribution >= 0.6 is 22.7 Å². The number of anilines is 6. The molecule has 2 aliphatic rings. The van der Waals surface area contributed by atoms with Crippen molar-refractivity contribution in [2.75, 3.05) is 9.80 Å². The lowest BCUT2D eigenvalue weighted by Crippen LogP contribution is -2.60. The van der Waals surface area contributed by atoms with Crippen molar-refractivity contribution < 1.29 is 8.83 Å². The van der Waals surface area contributed by atoms with E-state index >= 15 is 0 Å². The van der Waals surface area contributed by atoms with Gasteiger partial charge in [0.2, 0.25) is 0 Å². The van der Waals surface area contributed by atoms with Crippen molar-refractivity contribution in [3.8, 4) is 22.3 Å². The molecule has 0 radical (unpaired) electrons. The molecule has 2 aliphatic heterocycles. The lowest BCUT2D eigenvalue weighted by Gasteiger charge is -2.42. The van der Waals surface area contributed by atoms with Crippen LogP contribution in [0.25, 0.3) is 64.4 Å². The minimum Gasteiger partial charge on any atom is -0.468 e. The molecule has 0 spiro atoms. The Hall–Kier alpha value is -6.80. The van der Waals surface area contributed by atoms with Crippen LogP contribution in [-0.2, 0) is 10.8 Å². The minimum absolute atomic E-state index is 0.0694. The molecule has 7 aromatic carbocycles. The topological polar surface area (TPSA) is 32.8 Å². The molecule has 6 heterocycles. The average Bonchev–Trinajstić information content (AvgIpc) is 4.12. The van der Waals surface area contributed by atoms with E-state index in [1.165, 1.54) is 98.2 Å². The zero-order chi connectivity index (χ0) is 48.3. The number of rotatable bonds is 4. The summed E-state index contributed by atoms with van der Waals surface area (Å²) < 4.78 is 17.4. The second-order valence-corrected chi connectivity index (χ2v) is 23.9. The standard InChI is InChI=1S/C63H55BN2O2S2/c1-34-24-49-55-50(25-34)66(57-37(4)28-40(29-38(57)5)48-33-70-54-19-15-13-17-44(48)54)59-46-31-42(63(9,10)11)21-23-52(46)68-61(59)64(55)60-58(45-30-41(62(6,7)8)20-22-51(45)67-60)65(49)56-35(2)26-39(27-36(56)3)47-32-69-53-18-14-12-16-43(47)53/h12-33H,1-11H3. The quantitative estimate of drug-likeness (QED) is 0.165. The number of nitrogens with zero attached hydrogens (tertiary/aromatic N) is 2. The van der Waals surface area contributed by atoms with Gasteiger partial charge >= 0.3 is 6.71 Å². The fraction of sp³-hybridized carbons (Fsp3) is 0.206. The first-order valence-corrected chi connectivity index (χ1v) is 26.3. The summed E-state index contributed by atoms with van der Waals surface area (Å²) >= 11 is 3.63. The van der Waals surface area contributed by atoms with Crippen LogP contribution in [0, 0.1) is 34.6 Å². The van der Waals surface area contributed by atoms with Gasteiger partial charge in [-0.2, -0.15) is 0 Å². The number of thiophene rings is 2. The number of hydrogen-bond donors (Lipinski definition) is 0. The molecule has 13 rings (SSSR count). The van der Waals surface area contributed by atoms with Gasteiger partial charge in [-0.1, -0.05) is 90.1 Å². The second kappa shape index (κ2) is 15.1. The highest BCUT2D eigenvalue weighted by atomic mass is 32.1. The molecule has 11 aromatic rings. The second-order valence-electron chi connectivity index (χ2n) is 22.1. The van der Waals surface area contributed by atoms with Gasteiger partial charge in [-0.15, -0.1) is 22.7 Å². The highest BCUT2D eigenvalue weighted by Crippen LogP contribution is 2.53. The summed E-state index contributed by atoms with van der Waals surface area (Å²) in [5.74, 6) is 0. The first-order chi connectivity index (χ1) is 33.5. The summed E-state index contributed by atoms with van der Waals surface area (Å²) in [6, 6.07) is 45.6. The van der Waals surface area contributed by atoms with Crippen molar-refractivity contribution in [2.45, 2.75) is 87.0 Å². The Morgan fingerprint density at radius 1 is 0.443 bits per heavy atom. The Kier molecular flexibility index (Phi) is 9.33. The summed E-state index contributed by atoms with van der Waals surface area (Å²) in [5, 5.41) is 9.45. The van der Waals surface area contributed by atoms with Crippen molar-refractivity contribution in [3.63, 3.8) is 0 Å². The molecule has 0 saturated heterocycles. The first kappa shape index (κ1) is 43.2. The van der Waals surface area contributed by atoms with Gasteiger partial charge in [-0.05, 0) is 185 Å². The summed E-state index contributed by atoms with van der Waals surface area (Å²) in [6.45, 7) is 24.9. The number of benzene rings is 7. The van der Waals surface area contributed by atoms with E-state index in [2.05, 4.69) is 218 Å². The largest absolute Gasteiger partial charge is 0.468 e. The van der Waals surface area contributed by atoms with Gasteiger partial charge in [0.1, 0.15) is 22.5 Å². The third kappa shape index (κ3) is 6.33. The van der Waals surface area contributed by atoms with Crippen LogP contribution in [0.2, 0.25) is 0 Å². The van der Waals surface area contributed by atoms with Crippen LogP contribution in [0.5, 0.6) is 0 Å². The molecule has 0 N–H and O–H groups in total. The number of hydrogen-bond acceptors (Lipinski definition) is 6. The van der Waals surface area contributed by atoms with Crippen molar-refractivity contribution >= 4 is 122 Å². The fourth-order valence-corrected chi connectivity index (χ4v) is 13.8. The molecule has 4 aromatic heterocycles. The predicted octanol–water partition coefficient (Wildman–Crippen LogP) is 17.2. The number of aryl methyl sites for hydroxylation is 5. The van der Waals surface area contributed by atoms with E-state index < -0.39 is 0 Å². The van der Waals surface area contributed by atoms with E-state index in [0.717, 1.165) is 56.0 Å². The van der Waals surface area contributed by atoms with Crippen LogP contribution in [0.4, 0.5) is 34.1 Å². The van der Waals surface area contributed by atoms with Gasteiger partial charge in [0, 0.05) is 53.4 Å². The van der Waals surface area contributed by atoms with Gasteiger partial charge in [-0.25, -0.2) is 0 Å². The molecule has 7 heteroatoms. The third-order valence-electron chi connectivity index (χ3n) is 15.1. The van der Waals surface area contributed by atoms with Crippen LogP contribution in [0.1, 0.15) is 80.5 Å². The van der Waals surface area contributed by atoms with Crippen LogP contribution < -0.4 is 26.6 Å². The molecule has 70 heavy (non-hydrogen) atoms. The maximum atomic E-state index is 7.39. The summed E-state index contributed by atoms with van der Waals surface area (Å²) in [5.41, 5.74) is 25.1. The Balaban J connectivity index is 1.12. The molecular formula is C63H55BN2O2S2. The highest BCUT2D eigenvalue weighted by Gasteiger charge is 2.50. The van der Waals surface area contributed by atoms with E-state index in [9.17, 15) is 0 Å². The number of fused-ring (bicyclic) bond motifs is 10. The van der Waals surface area contributed by atoms with E-state index in [4.69, 9.17) is 8.83 Å². The Morgan fingerprint density at radius 3 is 1.24 bits per heavy atom. The molecule has 0 fully saturated rings. The molecule has 0 amide bonds. The number of furan rings is 2. The monoisotopic (exact) mass is 946 g/mol. The van der Waals surface area contributed by atoms with E-state index in [1.807, 2.05) is 22.7 Å². The first-order valence-electron chi connectivity index (χ1n) is 24.6. The Morgan fingerprint density at radius 2 is 0.843 bits per heavy atom. The maximum absolute atomic E-state index is 7.39. The smallest absolute Gasteiger partial charge is 0.342 e. The minimum atomic E-state index is -0.312. The van der Waals surface area contributed by atoms with Crippen LogP contribution in [0.15, 0.2) is 141 Å². The lowest BCUT2D eigenvalue weighted by molar-refractivity contribution is 0.590. The zero-order valence-electron chi connectivity index (χ0n) is 41.8. The SMILES string of the molecule is Cc1cc2c3c(c1)N(c1c(C)cc(-c4csc5ccccc45)cc1C)c1c(oc4ccc(C(C)(C)C)cc14)B3c1oc3ccc(C(C)(C)C)cc3c1N2c1c(C)cc(-c2csc3ccccc23)cc1C. The summed E-state index contributed by atoms with van der Waals surface area (Å²) in [6.07, 6.45) is 0. The van der Waals surface area contributed by atoms with Crippen molar-refractivity contribution in [3.05, 3.63) is 171 Å². The molecule has 0 unspecified atom stereocenters. The molecule has 0 saturated carbocycles.